The molecule has 18 heavy (non-hydrogen) atoms. The van der Waals surface area contributed by atoms with E-state index in [2.05, 4.69) is 45.3 Å². The maximum atomic E-state index is 4.42. The number of anilines is 1. The molecular weight excluding hydrogens is 244 g/mol. The van der Waals surface area contributed by atoms with Crippen LogP contribution in [0.15, 0.2) is 17.5 Å². The second-order valence-electron chi connectivity index (χ2n) is 4.72. The predicted octanol–water partition coefficient (Wildman–Crippen LogP) is 2.61. The highest BCUT2D eigenvalue weighted by molar-refractivity contribution is 7.13. The molecule has 0 unspecified atom stereocenters. The van der Waals surface area contributed by atoms with Gasteiger partial charge in [-0.05, 0) is 44.3 Å². The minimum absolute atomic E-state index is 0.546. The number of piperidine rings is 1. The third-order valence-corrected chi connectivity index (χ3v) is 4.34. The fourth-order valence-corrected chi connectivity index (χ4v) is 3.14. The maximum Gasteiger partial charge on any atom is 0.151 e. The summed E-state index contributed by atoms with van der Waals surface area (Å²) in [6.45, 7) is 4.32. The Bertz CT molecular complexity index is 497. The zero-order chi connectivity index (χ0) is 12.4. The largest absolute Gasteiger partial charge is 0.366 e. The van der Waals surface area contributed by atoms with Gasteiger partial charge in [-0.25, -0.2) is 0 Å². The van der Waals surface area contributed by atoms with Gasteiger partial charge in [0.2, 0.25) is 0 Å². The van der Waals surface area contributed by atoms with Crippen molar-refractivity contribution in [3.63, 3.8) is 0 Å². The summed E-state index contributed by atoms with van der Waals surface area (Å²) < 4.78 is 0. The van der Waals surface area contributed by atoms with E-state index >= 15 is 0 Å². The lowest BCUT2D eigenvalue weighted by Gasteiger charge is -2.23. The fourth-order valence-electron chi connectivity index (χ4n) is 2.36. The molecule has 3 heterocycles. The van der Waals surface area contributed by atoms with Gasteiger partial charge < -0.3 is 10.6 Å². The van der Waals surface area contributed by atoms with Gasteiger partial charge in [0.15, 0.2) is 5.82 Å². The second kappa shape index (κ2) is 5.12. The van der Waals surface area contributed by atoms with Gasteiger partial charge in [0, 0.05) is 11.6 Å². The SMILES string of the molecule is Cc1c(NC2CCNCC2)n[nH]c1-c1cccs1. The van der Waals surface area contributed by atoms with Gasteiger partial charge >= 0.3 is 0 Å². The summed E-state index contributed by atoms with van der Waals surface area (Å²) in [7, 11) is 0. The number of hydrogen-bond acceptors (Lipinski definition) is 4. The van der Waals surface area contributed by atoms with Crippen LogP contribution >= 0.6 is 11.3 Å². The average Bonchev–Trinajstić information content (AvgIpc) is 3.02. The Kier molecular flexibility index (Phi) is 3.34. The van der Waals surface area contributed by atoms with E-state index in [4.69, 9.17) is 0 Å². The Morgan fingerprint density at radius 3 is 2.94 bits per heavy atom. The first kappa shape index (κ1) is 11.7. The Morgan fingerprint density at radius 1 is 1.39 bits per heavy atom. The lowest BCUT2D eigenvalue weighted by Crippen LogP contribution is -2.35. The summed E-state index contributed by atoms with van der Waals surface area (Å²) in [5.41, 5.74) is 2.36. The van der Waals surface area contributed by atoms with Crippen molar-refractivity contribution < 1.29 is 0 Å². The highest BCUT2D eigenvalue weighted by Gasteiger charge is 2.17. The molecule has 1 aliphatic rings. The number of aromatic amines is 1. The number of thiophene rings is 1. The quantitative estimate of drug-likeness (QED) is 0.797. The van der Waals surface area contributed by atoms with Crippen LogP contribution in [0.25, 0.3) is 10.6 Å². The topological polar surface area (TPSA) is 52.7 Å². The molecule has 0 atom stereocenters. The molecule has 2 aromatic heterocycles. The number of rotatable bonds is 3. The normalized spacial score (nSPS) is 16.9. The summed E-state index contributed by atoms with van der Waals surface area (Å²) >= 11 is 1.74. The van der Waals surface area contributed by atoms with Crippen molar-refractivity contribution in [2.24, 2.45) is 0 Å². The Balaban J connectivity index is 1.77. The fraction of sp³-hybridized carbons (Fsp3) is 0.462. The molecule has 0 amide bonds. The van der Waals surface area contributed by atoms with E-state index in [0.29, 0.717) is 6.04 Å². The van der Waals surface area contributed by atoms with Gasteiger partial charge in [-0.2, -0.15) is 5.10 Å². The summed E-state index contributed by atoms with van der Waals surface area (Å²) in [5.74, 6) is 1.00. The van der Waals surface area contributed by atoms with E-state index in [1.54, 1.807) is 11.3 Å². The van der Waals surface area contributed by atoms with Gasteiger partial charge in [-0.1, -0.05) is 6.07 Å². The van der Waals surface area contributed by atoms with Crippen molar-refractivity contribution in [3.05, 3.63) is 23.1 Å². The smallest absolute Gasteiger partial charge is 0.151 e. The molecule has 0 saturated carbocycles. The molecule has 0 spiro atoms. The van der Waals surface area contributed by atoms with Crippen LogP contribution in [0.2, 0.25) is 0 Å². The lowest BCUT2D eigenvalue weighted by molar-refractivity contribution is 0.478. The Morgan fingerprint density at radius 2 is 2.22 bits per heavy atom. The molecule has 4 nitrogen and oxygen atoms in total. The van der Waals surface area contributed by atoms with Crippen molar-refractivity contribution in [2.45, 2.75) is 25.8 Å². The Hall–Kier alpha value is -1.33. The van der Waals surface area contributed by atoms with Crippen LogP contribution in [-0.2, 0) is 0 Å². The second-order valence-corrected chi connectivity index (χ2v) is 5.67. The van der Waals surface area contributed by atoms with Gasteiger partial charge in [0.1, 0.15) is 0 Å². The molecule has 0 aliphatic carbocycles. The predicted molar refractivity (Wildman–Crippen MR) is 76.2 cm³/mol. The van der Waals surface area contributed by atoms with Crippen LogP contribution < -0.4 is 10.6 Å². The van der Waals surface area contributed by atoms with E-state index in [1.807, 2.05) is 0 Å². The molecule has 0 bridgehead atoms. The van der Waals surface area contributed by atoms with Crippen LogP contribution in [0.5, 0.6) is 0 Å². The summed E-state index contributed by atoms with van der Waals surface area (Å²) in [6.07, 6.45) is 2.33. The van der Waals surface area contributed by atoms with Crippen molar-refractivity contribution in [2.75, 3.05) is 18.4 Å². The molecule has 3 rings (SSSR count). The molecule has 0 radical (unpaired) electrons. The highest BCUT2D eigenvalue weighted by Crippen LogP contribution is 2.29. The van der Waals surface area contributed by atoms with Crippen LogP contribution in [-0.4, -0.2) is 29.3 Å². The van der Waals surface area contributed by atoms with Crippen LogP contribution in [0.3, 0.4) is 0 Å². The minimum Gasteiger partial charge on any atom is -0.366 e. The van der Waals surface area contributed by atoms with Crippen molar-refractivity contribution >= 4 is 17.2 Å². The van der Waals surface area contributed by atoms with E-state index in [1.165, 1.54) is 23.3 Å². The first-order valence-electron chi connectivity index (χ1n) is 6.40. The van der Waals surface area contributed by atoms with Gasteiger partial charge in [-0.3, -0.25) is 5.10 Å². The average molecular weight is 262 g/mol. The number of nitrogens with one attached hydrogen (secondary N) is 3. The molecule has 96 valence electrons. The number of hydrogen-bond donors (Lipinski definition) is 3. The van der Waals surface area contributed by atoms with Crippen LogP contribution in [0.1, 0.15) is 18.4 Å². The van der Waals surface area contributed by atoms with Crippen molar-refractivity contribution in [1.29, 1.82) is 0 Å². The number of nitrogens with zero attached hydrogens (tertiary/aromatic N) is 1. The Labute approximate surface area is 111 Å². The third kappa shape index (κ3) is 2.28. The molecule has 2 aromatic rings. The first-order valence-corrected chi connectivity index (χ1v) is 7.28. The maximum absolute atomic E-state index is 4.42. The van der Waals surface area contributed by atoms with Gasteiger partial charge in [0.25, 0.3) is 0 Å². The van der Waals surface area contributed by atoms with Crippen molar-refractivity contribution in [1.82, 2.24) is 15.5 Å². The highest BCUT2D eigenvalue weighted by atomic mass is 32.1. The van der Waals surface area contributed by atoms with Crippen molar-refractivity contribution in [3.8, 4) is 10.6 Å². The van der Waals surface area contributed by atoms with Gasteiger partial charge in [-0.15, -0.1) is 11.3 Å². The van der Waals surface area contributed by atoms with E-state index in [-0.39, 0.29) is 0 Å². The molecule has 1 saturated heterocycles. The van der Waals surface area contributed by atoms with Crippen LogP contribution in [0, 0.1) is 6.92 Å². The third-order valence-electron chi connectivity index (χ3n) is 3.46. The molecule has 0 aromatic carbocycles. The molecular formula is C13H18N4S. The zero-order valence-corrected chi connectivity index (χ0v) is 11.3. The summed E-state index contributed by atoms with van der Waals surface area (Å²) in [4.78, 5) is 1.25. The molecule has 1 fully saturated rings. The number of H-pyrrole nitrogens is 1. The monoisotopic (exact) mass is 262 g/mol. The molecule has 5 heteroatoms. The standard InChI is InChI=1S/C13H18N4S/c1-9-12(11-3-2-8-18-11)16-17-13(9)15-10-4-6-14-7-5-10/h2-3,8,10,14H,4-7H2,1H3,(H2,15,16,17). The van der Waals surface area contributed by atoms with Crippen LogP contribution in [0.4, 0.5) is 5.82 Å². The zero-order valence-electron chi connectivity index (χ0n) is 10.5. The minimum atomic E-state index is 0.546. The first-order chi connectivity index (χ1) is 8.84. The number of aromatic nitrogens is 2. The van der Waals surface area contributed by atoms with E-state index in [9.17, 15) is 0 Å². The van der Waals surface area contributed by atoms with Gasteiger partial charge in [0.05, 0.1) is 10.6 Å². The summed E-state index contributed by atoms with van der Waals surface area (Å²) in [5, 5.41) is 16.6. The summed E-state index contributed by atoms with van der Waals surface area (Å²) in [6, 6.07) is 4.74. The molecule has 1 aliphatic heterocycles. The van der Waals surface area contributed by atoms with E-state index in [0.717, 1.165) is 24.6 Å². The lowest BCUT2D eigenvalue weighted by atomic mass is 10.1. The molecule has 3 N–H and O–H groups in total. The van der Waals surface area contributed by atoms with E-state index < -0.39 is 0 Å².